The van der Waals surface area contributed by atoms with Crippen LogP contribution in [0.3, 0.4) is 0 Å². The Kier molecular flexibility index (Phi) is 4.01. The molecule has 1 aliphatic heterocycles. The molecule has 5 nitrogen and oxygen atoms in total. The first-order chi connectivity index (χ1) is 9.47. The Morgan fingerprint density at radius 1 is 1.25 bits per heavy atom. The Bertz CT molecular complexity index is 513. The number of methoxy groups -OCH3 is 3. The summed E-state index contributed by atoms with van der Waals surface area (Å²) in [6, 6.07) is 5.68. The highest BCUT2D eigenvalue weighted by atomic mass is 16.7. The molecule has 1 aliphatic rings. The molecule has 1 amide bonds. The highest BCUT2D eigenvalue weighted by molar-refractivity contribution is 6.07. The largest absolute Gasteiger partial charge is 0.497 e. The number of hydrogen-bond acceptors (Lipinski definition) is 4. The second-order valence-electron chi connectivity index (χ2n) is 5.18. The molecule has 0 unspecified atom stereocenters. The van der Waals surface area contributed by atoms with Gasteiger partial charge in [0.25, 0.3) is 0 Å². The lowest BCUT2D eigenvalue weighted by Crippen LogP contribution is -2.39. The normalized spacial score (nSPS) is 21.5. The van der Waals surface area contributed by atoms with Crippen LogP contribution in [0.4, 0.5) is 5.69 Å². The van der Waals surface area contributed by atoms with Gasteiger partial charge in [0.05, 0.1) is 12.5 Å². The minimum Gasteiger partial charge on any atom is -0.497 e. The van der Waals surface area contributed by atoms with E-state index in [9.17, 15) is 4.79 Å². The summed E-state index contributed by atoms with van der Waals surface area (Å²) >= 11 is 0. The van der Waals surface area contributed by atoms with E-state index in [1.165, 1.54) is 0 Å². The van der Waals surface area contributed by atoms with Gasteiger partial charge >= 0.3 is 0 Å². The third-order valence-electron chi connectivity index (χ3n) is 4.04. The van der Waals surface area contributed by atoms with Crippen molar-refractivity contribution in [3.8, 4) is 5.75 Å². The van der Waals surface area contributed by atoms with Crippen molar-refractivity contribution in [1.29, 1.82) is 0 Å². The van der Waals surface area contributed by atoms with Crippen LogP contribution in [0.2, 0.25) is 0 Å². The molecule has 0 aliphatic carbocycles. The molecule has 0 spiro atoms. The molecule has 0 aromatic heterocycles. The van der Waals surface area contributed by atoms with E-state index in [0.717, 1.165) is 17.0 Å². The van der Waals surface area contributed by atoms with E-state index in [-0.39, 0.29) is 5.91 Å². The molecule has 1 aromatic rings. The highest BCUT2D eigenvalue weighted by Crippen LogP contribution is 2.45. The van der Waals surface area contributed by atoms with Gasteiger partial charge in [0, 0.05) is 33.4 Å². The van der Waals surface area contributed by atoms with E-state index in [1.54, 1.807) is 33.3 Å². The fourth-order valence-electron chi connectivity index (χ4n) is 2.76. The van der Waals surface area contributed by atoms with Crippen LogP contribution in [0.25, 0.3) is 0 Å². The fourth-order valence-corrected chi connectivity index (χ4v) is 2.76. The van der Waals surface area contributed by atoms with Crippen molar-refractivity contribution in [3.63, 3.8) is 0 Å². The molecule has 1 heterocycles. The minimum absolute atomic E-state index is 0.0415. The molecule has 1 atom stereocenters. The SMILES string of the molecule is COc1ccc2c(c1)[C@@](C)(CC(OC)OC)C(=O)N2C. The molecule has 0 radical (unpaired) electrons. The van der Waals surface area contributed by atoms with Crippen molar-refractivity contribution < 1.29 is 19.0 Å². The molecule has 1 aromatic carbocycles. The van der Waals surface area contributed by atoms with E-state index >= 15 is 0 Å². The molecule has 0 bridgehead atoms. The Labute approximate surface area is 119 Å². The van der Waals surface area contributed by atoms with E-state index in [1.807, 2.05) is 25.1 Å². The maximum absolute atomic E-state index is 12.6. The number of fused-ring (bicyclic) bond motifs is 1. The van der Waals surface area contributed by atoms with Crippen LogP contribution < -0.4 is 9.64 Å². The number of ether oxygens (including phenoxy) is 3. The highest BCUT2D eigenvalue weighted by Gasteiger charge is 2.47. The second kappa shape index (κ2) is 5.42. The van der Waals surface area contributed by atoms with Gasteiger partial charge in [0.1, 0.15) is 5.75 Å². The molecular formula is C15H21NO4. The van der Waals surface area contributed by atoms with Crippen LogP contribution in [-0.2, 0) is 19.7 Å². The van der Waals surface area contributed by atoms with Crippen molar-refractivity contribution in [2.24, 2.45) is 0 Å². The van der Waals surface area contributed by atoms with Crippen LogP contribution >= 0.6 is 0 Å². The minimum atomic E-state index is -0.671. The van der Waals surface area contributed by atoms with Crippen LogP contribution in [0, 0.1) is 0 Å². The molecule has 20 heavy (non-hydrogen) atoms. The Balaban J connectivity index is 2.46. The van der Waals surface area contributed by atoms with Crippen molar-refractivity contribution in [3.05, 3.63) is 23.8 Å². The maximum atomic E-state index is 12.6. The van der Waals surface area contributed by atoms with Crippen molar-refractivity contribution in [2.45, 2.75) is 25.0 Å². The van der Waals surface area contributed by atoms with Gasteiger partial charge in [-0.25, -0.2) is 0 Å². The summed E-state index contributed by atoms with van der Waals surface area (Å²) in [5.74, 6) is 0.782. The average Bonchev–Trinajstić information content (AvgIpc) is 2.66. The smallest absolute Gasteiger partial charge is 0.237 e. The van der Waals surface area contributed by atoms with Crippen LogP contribution in [0.1, 0.15) is 18.9 Å². The summed E-state index contributed by atoms with van der Waals surface area (Å²) in [4.78, 5) is 14.3. The zero-order valence-corrected chi connectivity index (χ0v) is 12.6. The molecular weight excluding hydrogens is 258 g/mol. The van der Waals surface area contributed by atoms with E-state index in [2.05, 4.69) is 0 Å². The number of hydrogen-bond donors (Lipinski definition) is 0. The van der Waals surface area contributed by atoms with Gasteiger partial charge in [-0.15, -0.1) is 0 Å². The van der Waals surface area contributed by atoms with Crippen LogP contribution in [0.15, 0.2) is 18.2 Å². The first-order valence-corrected chi connectivity index (χ1v) is 6.50. The van der Waals surface area contributed by atoms with Crippen molar-refractivity contribution in [1.82, 2.24) is 0 Å². The summed E-state index contributed by atoms with van der Waals surface area (Å²) in [5.41, 5.74) is 1.18. The van der Waals surface area contributed by atoms with Gasteiger partial charge in [0.15, 0.2) is 6.29 Å². The van der Waals surface area contributed by atoms with E-state index in [0.29, 0.717) is 6.42 Å². The summed E-state index contributed by atoms with van der Waals surface area (Å²) in [5, 5.41) is 0. The lowest BCUT2D eigenvalue weighted by molar-refractivity contribution is -0.135. The first kappa shape index (κ1) is 14.8. The number of carbonyl (C=O) groups is 1. The molecule has 2 rings (SSSR count). The third-order valence-corrected chi connectivity index (χ3v) is 4.04. The molecule has 0 saturated carbocycles. The number of rotatable bonds is 5. The Hall–Kier alpha value is -1.59. The van der Waals surface area contributed by atoms with Crippen LogP contribution in [0.5, 0.6) is 5.75 Å². The van der Waals surface area contributed by atoms with Gasteiger partial charge in [-0.2, -0.15) is 0 Å². The molecule has 0 N–H and O–H groups in total. The summed E-state index contributed by atoms with van der Waals surface area (Å²) < 4.78 is 15.8. The van der Waals surface area contributed by atoms with Gasteiger partial charge in [-0.05, 0) is 30.7 Å². The average molecular weight is 279 g/mol. The first-order valence-electron chi connectivity index (χ1n) is 6.50. The van der Waals surface area contributed by atoms with Crippen molar-refractivity contribution >= 4 is 11.6 Å². The third kappa shape index (κ3) is 2.17. The quantitative estimate of drug-likeness (QED) is 0.773. The maximum Gasteiger partial charge on any atom is 0.237 e. The van der Waals surface area contributed by atoms with E-state index < -0.39 is 11.7 Å². The monoisotopic (exact) mass is 279 g/mol. The standard InChI is InChI=1S/C15H21NO4/c1-15(9-13(19-4)20-5)11-8-10(18-3)6-7-12(11)16(2)14(15)17/h6-8,13H,9H2,1-5H3/t15-/m1/s1. The zero-order chi connectivity index (χ0) is 14.9. The topological polar surface area (TPSA) is 48.0 Å². The lowest BCUT2D eigenvalue weighted by Gasteiger charge is -2.27. The van der Waals surface area contributed by atoms with Crippen molar-refractivity contribution in [2.75, 3.05) is 33.3 Å². The predicted octanol–water partition coefficient (Wildman–Crippen LogP) is 1.94. The van der Waals surface area contributed by atoms with Crippen LogP contribution in [-0.4, -0.2) is 40.6 Å². The van der Waals surface area contributed by atoms with Gasteiger partial charge in [-0.1, -0.05) is 0 Å². The molecule has 0 fully saturated rings. The number of anilines is 1. The number of amides is 1. The van der Waals surface area contributed by atoms with Gasteiger partial charge in [0.2, 0.25) is 5.91 Å². The number of likely N-dealkylation sites (N-methyl/N-ethyl adjacent to an activating group) is 1. The van der Waals surface area contributed by atoms with Gasteiger partial charge < -0.3 is 19.1 Å². The van der Waals surface area contributed by atoms with Gasteiger partial charge in [-0.3, -0.25) is 4.79 Å². The number of nitrogens with zero attached hydrogens (tertiary/aromatic N) is 1. The second-order valence-corrected chi connectivity index (χ2v) is 5.18. The molecule has 110 valence electrons. The number of benzene rings is 1. The summed E-state index contributed by atoms with van der Waals surface area (Å²) in [6.45, 7) is 1.92. The summed E-state index contributed by atoms with van der Waals surface area (Å²) in [7, 11) is 6.56. The molecule has 0 saturated heterocycles. The predicted molar refractivity (Wildman–Crippen MR) is 76.2 cm³/mol. The Morgan fingerprint density at radius 3 is 2.45 bits per heavy atom. The fraction of sp³-hybridized carbons (Fsp3) is 0.533. The lowest BCUT2D eigenvalue weighted by atomic mass is 9.80. The number of carbonyl (C=O) groups excluding carboxylic acids is 1. The van der Waals surface area contributed by atoms with E-state index in [4.69, 9.17) is 14.2 Å². The summed E-state index contributed by atoms with van der Waals surface area (Å²) in [6.07, 6.45) is 0.0399. The zero-order valence-electron chi connectivity index (χ0n) is 12.6. The Morgan fingerprint density at radius 2 is 1.90 bits per heavy atom. The molecule has 5 heteroatoms.